The highest BCUT2D eigenvalue weighted by atomic mass is 19.4. The van der Waals surface area contributed by atoms with Crippen LogP contribution in [0.3, 0.4) is 0 Å². The minimum Gasteiger partial charge on any atom is -0.396 e. The highest BCUT2D eigenvalue weighted by Gasteiger charge is 2.49. The van der Waals surface area contributed by atoms with Gasteiger partial charge in [-0.05, 0) is 19.8 Å². The molecule has 0 amide bonds. The predicted octanol–water partition coefficient (Wildman–Crippen LogP) is 1.72. The Morgan fingerprint density at radius 1 is 1.20 bits per heavy atom. The zero-order valence-corrected chi connectivity index (χ0v) is 15.9. The molecule has 4 rings (SSSR count). The molecule has 2 aliphatic rings. The molecule has 2 heterocycles. The van der Waals surface area contributed by atoms with Crippen molar-refractivity contribution in [2.75, 3.05) is 23.7 Å². The molecular formula is C18H20F5N5O2. The van der Waals surface area contributed by atoms with Gasteiger partial charge in [0.2, 0.25) is 0 Å². The Kier molecular flexibility index (Phi) is 4.60. The fourth-order valence-corrected chi connectivity index (χ4v) is 4.29. The lowest BCUT2D eigenvalue weighted by Crippen LogP contribution is -2.47. The molecular weight excluding hydrogens is 413 g/mol. The largest absolute Gasteiger partial charge is 0.404 e. The summed E-state index contributed by atoms with van der Waals surface area (Å²) in [6, 6.07) is -2.61. The molecule has 30 heavy (non-hydrogen) atoms. The van der Waals surface area contributed by atoms with Crippen LogP contribution < -0.4 is 27.6 Å². The number of alkyl halides is 4. The molecule has 2 fully saturated rings. The van der Waals surface area contributed by atoms with Gasteiger partial charge in [-0.1, -0.05) is 0 Å². The third-order valence-electron chi connectivity index (χ3n) is 5.93. The van der Waals surface area contributed by atoms with Crippen molar-refractivity contribution in [3.8, 4) is 0 Å². The summed E-state index contributed by atoms with van der Waals surface area (Å²) >= 11 is 0. The minimum absolute atomic E-state index is 0.110. The second-order valence-electron chi connectivity index (χ2n) is 7.94. The molecule has 1 aliphatic carbocycles. The van der Waals surface area contributed by atoms with E-state index in [1.807, 2.05) is 0 Å². The molecule has 0 bridgehead atoms. The monoisotopic (exact) mass is 433 g/mol. The van der Waals surface area contributed by atoms with Gasteiger partial charge in [-0.25, -0.2) is 13.6 Å². The molecule has 1 saturated carbocycles. The second kappa shape index (κ2) is 6.69. The van der Waals surface area contributed by atoms with E-state index in [1.165, 1.54) is 11.5 Å². The summed E-state index contributed by atoms with van der Waals surface area (Å²) in [4.78, 5) is 27.9. The number of H-pyrrole nitrogens is 1. The summed E-state index contributed by atoms with van der Waals surface area (Å²) in [7, 11) is 0. The number of nitrogens with two attached hydrogens (primary N) is 2. The number of aromatic nitrogens is 2. The van der Waals surface area contributed by atoms with Gasteiger partial charge in [0.15, 0.2) is 5.82 Å². The van der Waals surface area contributed by atoms with E-state index in [0.29, 0.717) is 12.8 Å². The SMILES string of the molecule is Cc1c(N2CC(F)C(C(N)C(F)(F)F)C2)c(F)c(N)c2c(=O)[nH]c(=O)n(C3CC3)c12. The van der Waals surface area contributed by atoms with Crippen LogP contribution in [-0.4, -0.2) is 41.0 Å². The Morgan fingerprint density at radius 2 is 1.83 bits per heavy atom. The van der Waals surface area contributed by atoms with Gasteiger partial charge in [-0.2, -0.15) is 13.2 Å². The van der Waals surface area contributed by atoms with Crippen molar-refractivity contribution >= 4 is 22.3 Å². The van der Waals surface area contributed by atoms with Gasteiger partial charge >= 0.3 is 11.9 Å². The Labute approximate surface area is 166 Å². The molecule has 0 spiro atoms. The number of rotatable bonds is 3. The van der Waals surface area contributed by atoms with Crippen molar-refractivity contribution in [1.82, 2.24) is 9.55 Å². The van der Waals surface area contributed by atoms with Crippen LogP contribution in [0.2, 0.25) is 0 Å². The Bertz CT molecular complexity index is 1140. The number of hydrogen-bond donors (Lipinski definition) is 3. The highest BCUT2D eigenvalue weighted by Crippen LogP contribution is 2.42. The highest BCUT2D eigenvalue weighted by molar-refractivity contribution is 5.97. The number of anilines is 2. The molecule has 0 radical (unpaired) electrons. The van der Waals surface area contributed by atoms with E-state index in [-0.39, 0.29) is 28.2 Å². The van der Waals surface area contributed by atoms with Gasteiger partial charge in [-0.15, -0.1) is 0 Å². The maximum Gasteiger partial charge on any atom is 0.404 e. The Hall–Kier alpha value is -2.63. The molecule has 1 aromatic carbocycles. The average Bonchev–Trinajstić information content (AvgIpc) is 3.40. The zero-order chi connectivity index (χ0) is 22.1. The lowest BCUT2D eigenvalue weighted by molar-refractivity contribution is -0.161. The molecule has 3 atom stereocenters. The first kappa shape index (κ1) is 20.6. The fraction of sp³-hybridized carbons (Fsp3) is 0.556. The second-order valence-corrected chi connectivity index (χ2v) is 7.94. The number of aromatic amines is 1. The first-order valence-electron chi connectivity index (χ1n) is 9.40. The van der Waals surface area contributed by atoms with Gasteiger partial charge in [0.05, 0.1) is 22.3 Å². The van der Waals surface area contributed by atoms with Gasteiger partial charge in [0.1, 0.15) is 12.2 Å². The van der Waals surface area contributed by atoms with Crippen LogP contribution in [0.4, 0.5) is 33.3 Å². The Morgan fingerprint density at radius 3 is 2.40 bits per heavy atom. The van der Waals surface area contributed by atoms with Crippen LogP contribution in [0.25, 0.3) is 10.9 Å². The van der Waals surface area contributed by atoms with Crippen LogP contribution in [0.15, 0.2) is 9.59 Å². The summed E-state index contributed by atoms with van der Waals surface area (Å²) in [5, 5.41) is -0.209. The molecule has 1 saturated heterocycles. The van der Waals surface area contributed by atoms with Crippen molar-refractivity contribution in [2.45, 2.75) is 44.2 Å². The lowest BCUT2D eigenvalue weighted by Gasteiger charge is -2.26. The van der Waals surface area contributed by atoms with E-state index in [2.05, 4.69) is 4.98 Å². The van der Waals surface area contributed by atoms with E-state index in [0.717, 1.165) is 4.90 Å². The number of nitrogens with one attached hydrogen (secondary N) is 1. The number of nitrogens with zero attached hydrogens (tertiary/aromatic N) is 2. The molecule has 5 N–H and O–H groups in total. The van der Waals surface area contributed by atoms with E-state index < -0.39 is 60.2 Å². The van der Waals surface area contributed by atoms with Crippen molar-refractivity contribution in [3.63, 3.8) is 0 Å². The summed E-state index contributed by atoms with van der Waals surface area (Å²) < 4.78 is 69.9. The number of hydrogen-bond acceptors (Lipinski definition) is 5. The maximum atomic E-state index is 15.2. The van der Waals surface area contributed by atoms with Crippen molar-refractivity contribution in [1.29, 1.82) is 0 Å². The smallest absolute Gasteiger partial charge is 0.396 e. The molecule has 164 valence electrons. The summed E-state index contributed by atoms with van der Waals surface area (Å²) in [5.41, 5.74) is 8.99. The van der Waals surface area contributed by atoms with Crippen LogP contribution in [-0.2, 0) is 0 Å². The van der Waals surface area contributed by atoms with Gasteiger partial charge in [-0.3, -0.25) is 14.3 Å². The number of aryl methyl sites for hydroxylation is 1. The predicted molar refractivity (Wildman–Crippen MR) is 101 cm³/mol. The number of halogens is 5. The number of nitrogen functional groups attached to an aromatic ring is 1. The van der Waals surface area contributed by atoms with E-state index >= 15 is 4.39 Å². The van der Waals surface area contributed by atoms with Gasteiger partial charge in [0.25, 0.3) is 5.56 Å². The first-order valence-corrected chi connectivity index (χ1v) is 9.40. The molecule has 2 aromatic rings. The van der Waals surface area contributed by atoms with Crippen molar-refractivity contribution in [2.24, 2.45) is 11.7 Å². The van der Waals surface area contributed by atoms with E-state index in [4.69, 9.17) is 11.5 Å². The fourth-order valence-electron chi connectivity index (χ4n) is 4.29. The van der Waals surface area contributed by atoms with Crippen LogP contribution in [0, 0.1) is 18.7 Å². The van der Waals surface area contributed by atoms with Crippen molar-refractivity contribution < 1.29 is 22.0 Å². The maximum absolute atomic E-state index is 15.2. The third kappa shape index (κ3) is 3.04. The quantitative estimate of drug-likeness (QED) is 0.504. The standard InChI is InChI=1S/C18H20F5N5O2/c1-6-13-10(16(29)26-17(30)28(13)7-2-3-7)12(24)11(20)14(6)27-4-8(9(19)5-27)15(25)18(21,22)23/h7-9,15H,2-5,24-25H2,1H3,(H,26,29,30). The van der Waals surface area contributed by atoms with E-state index in [9.17, 15) is 27.2 Å². The number of benzene rings is 1. The lowest BCUT2D eigenvalue weighted by atomic mass is 9.98. The number of fused-ring (bicyclic) bond motifs is 1. The molecule has 12 heteroatoms. The third-order valence-corrected chi connectivity index (χ3v) is 5.93. The normalized spacial score (nSPS) is 23.4. The zero-order valence-electron chi connectivity index (χ0n) is 15.9. The van der Waals surface area contributed by atoms with Gasteiger partial charge < -0.3 is 16.4 Å². The molecule has 7 nitrogen and oxygen atoms in total. The average molecular weight is 433 g/mol. The van der Waals surface area contributed by atoms with Crippen LogP contribution in [0.5, 0.6) is 0 Å². The van der Waals surface area contributed by atoms with E-state index in [1.54, 1.807) is 0 Å². The van der Waals surface area contributed by atoms with Crippen molar-refractivity contribution in [3.05, 3.63) is 32.2 Å². The summed E-state index contributed by atoms with van der Waals surface area (Å²) in [6.45, 7) is 0.428. The summed E-state index contributed by atoms with van der Waals surface area (Å²) in [6.07, 6.45) is -5.40. The first-order chi connectivity index (χ1) is 13.9. The molecule has 1 aromatic heterocycles. The minimum atomic E-state index is -4.80. The Balaban J connectivity index is 1.90. The van der Waals surface area contributed by atoms with Gasteiger partial charge in [0, 0.05) is 30.6 Å². The van der Waals surface area contributed by atoms with Crippen LogP contribution in [0.1, 0.15) is 24.4 Å². The summed E-state index contributed by atoms with van der Waals surface area (Å²) in [5.74, 6) is -2.63. The molecule has 1 aliphatic heterocycles. The van der Waals surface area contributed by atoms with Crippen LogP contribution >= 0.6 is 0 Å². The topological polar surface area (TPSA) is 110 Å². The molecule has 3 unspecified atom stereocenters.